The summed E-state index contributed by atoms with van der Waals surface area (Å²) in [4.78, 5) is 37.3. The van der Waals surface area contributed by atoms with Gasteiger partial charge in [-0.25, -0.2) is 4.39 Å². The molecule has 3 aromatic rings. The highest BCUT2D eigenvalue weighted by molar-refractivity contribution is 7.18. The van der Waals surface area contributed by atoms with Gasteiger partial charge in [0.05, 0.1) is 26.7 Å². The summed E-state index contributed by atoms with van der Waals surface area (Å²) in [6.45, 7) is 0.216. The van der Waals surface area contributed by atoms with Crippen LogP contribution in [0.25, 0.3) is 5.69 Å². The Morgan fingerprint density at radius 2 is 2.00 bits per heavy atom. The van der Waals surface area contributed by atoms with Crippen molar-refractivity contribution in [3.05, 3.63) is 80.1 Å². The van der Waals surface area contributed by atoms with Gasteiger partial charge in [-0.15, -0.1) is 11.3 Å². The average molecular weight is 490 g/mol. The number of halogens is 2. The number of carbonyl (C=O) groups is 2. The number of aromatic nitrogens is 1. The molecule has 172 valence electrons. The molecule has 0 spiro atoms. The van der Waals surface area contributed by atoms with Gasteiger partial charge in [0.1, 0.15) is 5.82 Å². The topological polar surface area (TPSA) is 100 Å². The van der Waals surface area contributed by atoms with E-state index >= 15 is 0 Å². The molecule has 0 radical (unpaired) electrons. The van der Waals surface area contributed by atoms with Crippen molar-refractivity contribution < 1.29 is 19.1 Å². The molecule has 1 saturated carbocycles. The van der Waals surface area contributed by atoms with Crippen molar-refractivity contribution in [2.45, 2.75) is 18.9 Å². The SMILES string of the molecule is O=C(NCC1CC(C(=O)Nc2ccc(-n3ccccc3=O)cc2F)CC1O)c1ccc(Cl)s1. The fourth-order valence-corrected chi connectivity index (χ4v) is 4.87. The molecule has 2 aromatic heterocycles. The Bertz CT molecular complexity index is 1240. The highest BCUT2D eigenvalue weighted by Crippen LogP contribution is 2.32. The summed E-state index contributed by atoms with van der Waals surface area (Å²) in [6, 6.07) is 12.0. The van der Waals surface area contributed by atoms with Gasteiger partial charge in [0.15, 0.2) is 0 Å². The van der Waals surface area contributed by atoms with Crippen LogP contribution in [0.5, 0.6) is 0 Å². The fourth-order valence-electron chi connectivity index (χ4n) is 3.91. The minimum absolute atomic E-state index is 0.00598. The van der Waals surface area contributed by atoms with Crippen molar-refractivity contribution in [1.29, 1.82) is 0 Å². The summed E-state index contributed by atoms with van der Waals surface area (Å²) >= 11 is 7.01. The molecule has 1 fully saturated rings. The van der Waals surface area contributed by atoms with Crippen molar-refractivity contribution in [3.63, 3.8) is 0 Å². The zero-order valence-electron chi connectivity index (χ0n) is 17.3. The number of amides is 2. The summed E-state index contributed by atoms with van der Waals surface area (Å²) < 4.78 is 16.4. The number of pyridine rings is 1. The summed E-state index contributed by atoms with van der Waals surface area (Å²) in [5, 5.41) is 15.7. The Morgan fingerprint density at radius 3 is 2.70 bits per heavy atom. The maximum Gasteiger partial charge on any atom is 0.261 e. The van der Waals surface area contributed by atoms with Gasteiger partial charge in [-0.2, -0.15) is 0 Å². The van der Waals surface area contributed by atoms with Gasteiger partial charge in [0.2, 0.25) is 5.91 Å². The zero-order chi connectivity index (χ0) is 23.5. The Labute approximate surface area is 197 Å². The normalized spacial score (nSPS) is 19.9. The van der Waals surface area contributed by atoms with Crippen LogP contribution < -0.4 is 16.2 Å². The second kappa shape index (κ2) is 9.86. The van der Waals surface area contributed by atoms with Crippen LogP contribution >= 0.6 is 22.9 Å². The van der Waals surface area contributed by atoms with Gasteiger partial charge in [-0.1, -0.05) is 17.7 Å². The molecule has 3 unspecified atom stereocenters. The van der Waals surface area contributed by atoms with Crippen LogP contribution in [0.4, 0.5) is 10.1 Å². The molecule has 1 aliphatic carbocycles. The Balaban J connectivity index is 1.35. The highest BCUT2D eigenvalue weighted by Gasteiger charge is 2.37. The first-order valence-corrected chi connectivity index (χ1v) is 11.5. The Hall–Kier alpha value is -3.01. The molecule has 0 bridgehead atoms. The molecule has 3 N–H and O–H groups in total. The molecular weight excluding hydrogens is 469 g/mol. The molecule has 0 saturated heterocycles. The van der Waals surface area contributed by atoms with Crippen LogP contribution in [-0.4, -0.2) is 34.1 Å². The van der Waals surface area contributed by atoms with Gasteiger partial charge < -0.3 is 15.7 Å². The lowest BCUT2D eigenvalue weighted by atomic mass is 10.0. The van der Waals surface area contributed by atoms with Crippen molar-refractivity contribution in [3.8, 4) is 5.69 Å². The number of rotatable bonds is 6. The molecule has 1 aliphatic rings. The van der Waals surface area contributed by atoms with E-state index in [0.717, 1.165) is 11.3 Å². The Kier molecular flexibility index (Phi) is 6.92. The van der Waals surface area contributed by atoms with Gasteiger partial charge in [-0.3, -0.25) is 19.0 Å². The fraction of sp³-hybridized carbons (Fsp3) is 0.261. The van der Waals surface area contributed by atoms with Gasteiger partial charge in [-0.05, 0) is 43.2 Å². The number of hydrogen-bond donors (Lipinski definition) is 3. The van der Waals surface area contributed by atoms with Gasteiger partial charge in [0.25, 0.3) is 11.5 Å². The lowest BCUT2D eigenvalue weighted by molar-refractivity contribution is -0.119. The van der Waals surface area contributed by atoms with E-state index in [1.807, 2.05) is 0 Å². The number of hydrogen-bond acceptors (Lipinski definition) is 5. The van der Waals surface area contributed by atoms with Crippen LogP contribution in [0, 0.1) is 17.7 Å². The lowest BCUT2D eigenvalue weighted by Gasteiger charge is -2.15. The van der Waals surface area contributed by atoms with E-state index in [1.54, 1.807) is 30.3 Å². The number of nitrogens with zero attached hydrogens (tertiary/aromatic N) is 1. The van der Waals surface area contributed by atoms with E-state index < -0.39 is 23.7 Å². The number of aliphatic hydroxyl groups excluding tert-OH is 1. The first kappa shape index (κ1) is 23.2. The van der Waals surface area contributed by atoms with E-state index in [4.69, 9.17) is 11.6 Å². The lowest BCUT2D eigenvalue weighted by Crippen LogP contribution is -2.32. The maximum absolute atomic E-state index is 14.6. The van der Waals surface area contributed by atoms with Crippen LogP contribution in [0.1, 0.15) is 22.5 Å². The average Bonchev–Trinajstić information content (AvgIpc) is 3.39. The zero-order valence-corrected chi connectivity index (χ0v) is 18.9. The first-order valence-electron chi connectivity index (χ1n) is 10.3. The predicted octanol–water partition coefficient (Wildman–Crippen LogP) is 3.45. The minimum atomic E-state index is -0.759. The summed E-state index contributed by atoms with van der Waals surface area (Å²) in [5.74, 6) is -2.18. The van der Waals surface area contributed by atoms with E-state index in [2.05, 4.69) is 10.6 Å². The predicted molar refractivity (Wildman–Crippen MR) is 125 cm³/mol. The molecule has 3 atom stereocenters. The van der Waals surface area contributed by atoms with Gasteiger partial charge in [0, 0.05) is 36.7 Å². The highest BCUT2D eigenvalue weighted by atomic mass is 35.5. The molecule has 33 heavy (non-hydrogen) atoms. The third-order valence-corrected chi connectivity index (χ3v) is 6.89. The van der Waals surface area contributed by atoms with E-state index in [9.17, 15) is 23.9 Å². The van der Waals surface area contributed by atoms with Crippen molar-refractivity contribution in [2.24, 2.45) is 11.8 Å². The molecule has 1 aromatic carbocycles. The van der Waals surface area contributed by atoms with Crippen LogP contribution in [0.15, 0.2) is 59.5 Å². The summed E-state index contributed by atoms with van der Waals surface area (Å²) in [7, 11) is 0. The second-order valence-electron chi connectivity index (χ2n) is 7.87. The molecule has 4 rings (SSSR count). The summed E-state index contributed by atoms with van der Waals surface area (Å²) in [5.41, 5.74) is 0.0395. The molecule has 0 aliphatic heterocycles. The standard InChI is InChI=1S/C23H21ClFN3O4S/c24-20-7-6-19(33-20)23(32)26-12-14-9-13(10-18(14)29)22(31)27-17-5-4-15(11-16(17)25)28-8-2-1-3-21(28)30/h1-8,11,13-14,18,29H,9-10,12H2,(H,26,32)(H,27,31). The molecular formula is C23H21ClFN3O4S. The number of carbonyl (C=O) groups excluding carboxylic acids is 2. The Morgan fingerprint density at radius 1 is 1.18 bits per heavy atom. The van der Waals surface area contributed by atoms with E-state index in [1.165, 1.54) is 29.0 Å². The minimum Gasteiger partial charge on any atom is -0.393 e. The van der Waals surface area contributed by atoms with Crippen molar-refractivity contribution in [1.82, 2.24) is 9.88 Å². The van der Waals surface area contributed by atoms with Crippen LogP contribution in [-0.2, 0) is 4.79 Å². The molecule has 10 heteroatoms. The molecule has 2 heterocycles. The largest absolute Gasteiger partial charge is 0.393 e. The first-order chi connectivity index (χ1) is 15.8. The number of benzene rings is 1. The number of nitrogens with one attached hydrogen (secondary N) is 2. The second-order valence-corrected chi connectivity index (χ2v) is 9.59. The van der Waals surface area contributed by atoms with Crippen LogP contribution in [0.2, 0.25) is 4.34 Å². The maximum atomic E-state index is 14.6. The van der Waals surface area contributed by atoms with Crippen molar-refractivity contribution in [2.75, 3.05) is 11.9 Å². The monoisotopic (exact) mass is 489 g/mol. The molecule has 2 amide bonds. The third-order valence-electron chi connectivity index (χ3n) is 5.66. The molecule has 7 nitrogen and oxygen atoms in total. The number of thiophene rings is 1. The number of aliphatic hydroxyl groups is 1. The van der Waals surface area contributed by atoms with Gasteiger partial charge >= 0.3 is 0 Å². The number of anilines is 1. The van der Waals surface area contributed by atoms with E-state index in [0.29, 0.717) is 21.3 Å². The van der Waals surface area contributed by atoms with Crippen LogP contribution in [0.3, 0.4) is 0 Å². The summed E-state index contributed by atoms with van der Waals surface area (Å²) in [6.07, 6.45) is 1.35. The van der Waals surface area contributed by atoms with Crippen molar-refractivity contribution >= 4 is 40.4 Å². The quantitative estimate of drug-likeness (QED) is 0.493. The smallest absolute Gasteiger partial charge is 0.261 e. The van der Waals surface area contributed by atoms with E-state index in [-0.39, 0.29) is 36.0 Å². The third kappa shape index (κ3) is 5.32.